The highest BCUT2D eigenvalue weighted by Gasteiger charge is 2.13. The Morgan fingerprint density at radius 3 is 2.50 bits per heavy atom. The van der Waals surface area contributed by atoms with Gasteiger partial charge in [0.05, 0.1) is 6.10 Å². The molecule has 1 nitrogen and oxygen atoms in total. The van der Waals surface area contributed by atoms with Crippen LogP contribution in [0, 0.1) is 0 Å². The van der Waals surface area contributed by atoms with Crippen molar-refractivity contribution in [3.63, 3.8) is 0 Å². The van der Waals surface area contributed by atoms with E-state index in [2.05, 4.69) is 12.2 Å². The number of hydrogen-bond acceptors (Lipinski definition) is 2. The highest BCUT2D eigenvalue weighted by atomic mass is 32.1. The summed E-state index contributed by atoms with van der Waals surface area (Å²) < 4.78 is 5.09. The Kier molecular flexibility index (Phi) is 2.27. The molecule has 0 aromatic rings. The summed E-state index contributed by atoms with van der Waals surface area (Å²) >= 11 is 4.54. The van der Waals surface area contributed by atoms with E-state index in [-0.39, 0.29) is 0 Å². The lowest BCUT2D eigenvalue weighted by molar-refractivity contribution is 0.213. The zero-order valence-corrected chi connectivity index (χ0v) is 5.62. The Morgan fingerprint density at radius 2 is 2.00 bits per heavy atom. The van der Waals surface area contributed by atoms with Crippen molar-refractivity contribution in [1.82, 2.24) is 0 Å². The van der Waals surface area contributed by atoms with Crippen molar-refractivity contribution >= 4 is 17.8 Å². The predicted molar refractivity (Wildman–Crippen MR) is 37.0 cm³/mol. The maximum Gasteiger partial charge on any atom is 0.146 e. The number of ether oxygens (including phenoxy) is 1. The van der Waals surface area contributed by atoms with Crippen molar-refractivity contribution < 1.29 is 4.74 Å². The molecular weight excluding hydrogens is 120 g/mol. The molecule has 1 saturated carbocycles. The van der Waals surface area contributed by atoms with Crippen molar-refractivity contribution in [2.45, 2.75) is 31.8 Å². The van der Waals surface area contributed by atoms with Gasteiger partial charge in [-0.2, -0.15) is 0 Å². The van der Waals surface area contributed by atoms with E-state index in [9.17, 15) is 0 Å². The molecule has 0 amide bonds. The lowest BCUT2D eigenvalue weighted by atomic mass is 10.3. The second kappa shape index (κ2) is 3.02. The van der Waals surface area contributed by atoms with Crippen molar-refractivity contribution in [3.05, 3.63) is 0 Å². The fourth-order valence-electron chi connectivity index (χ4n) is 1.10. The highest BCUT2D eigenvalue weighted by Crippen LogP contribution is 2.19. The molecule has 46 valence electrons. The van der Waals surface area contributed by atoms with E-state index in [0.717, 1.165) is 0 Å². The monoisotopic (exact) mass is 130 g/mol. The lowest BCUT2D eigenvalue weighted by Crippen LogP contribution is -2.03. The maximum atomic E-state index is 5.09. The Balaban J connectivity index is 2.14. The normalized spacial score (nSPS) is 21.0. The summed E-state index contributed by atoms with van der Waals surface area (Å²) in [6.45, 7) is 0. The van der Waals surface area contributed by atoms with Gasteiger partial charge in [0.1, 0.15) is 5.55 Å². The van der Waals surface area contributed by atoms with E-state index in [1.54, 1.807) is 0 Å². The van der Waals surface area contributed by atoms with Crippen LogP contribution in [0.5, 0.6) is 0 Å². The summed E-state index contributed by atoms with van der Waals surface area (Å²) in [6, 6.07) is 0. The van der Waals surface area contributed by atoms with Gasteiger partial charge >= 0.3 is 0 Å². The second-order valence-electron chi connectivity index (χ2n) is 2.14. The van der Waals surface area contributed by atoms with Crippen molar-refractivity contribution in [1.29, 1.82) is 0 Å². The number of thiocarbonyl (C=S) groups is 1. The SMILES string of the molecule is S=COC1CCCC1. The molecule has 0 aliphatic heterocycles. The van der Waals surface area contributed by atoms with Crippen LogP contribution in [-0.2, 0) is 4.74 Å². The molecule has 0 heterocycles. The fraction of sp³-hybridized carbons (Fsp3) is 0.833. The standard InChI is InChI=1S/C6H10OS/c8-5-7-6-3-1-2-4-6/h5-6H,1-4H2. The summed E-state index contributed by atoms with van der Waals surface area (Å²) in [4.78, 5) is 0. The van der Waals surface area contributed by atoms with Crippen LogP contribution in [0.2, 0.25) is 0 Å². The topological polar surface area (TPSA) is 9.23 Å². The second-order valence-corrected chi connectivity index (χ2v) is 2.33. The Labute approximate surface area is 55.0 Å². The first-order valence-corrected chi connectivity index (χ1v) is 3.50. The average Bonchev–Trinajstić information content (AvgIpc) is 2.19. The summed E-state index contributed by atoms with van der Waals surface area (Å²) in [7, 11) is 0. The van der Waals surface area contributed by atoms with Gasteiger partial charge in [0.2, 0.25) is 0 Å². The summed E-state index contributed by atoms with van der Waals surface area (Å²) in [6.07, 6.45) is 5.48. The molecule has 1 fully saturated rings. The molecule has 1 aliphatic rings. The van der Waals surface area contributed by atoms with E-state index < -0.39 is 0 Å². The van der Waals surface area contributed by atoms with Gasteiger partial charge in [0.25, 0.3) is 0 Å². The van der Waals surface area contributed by atoms with E-state index in [4.69, 9.17) is 4.74 Å². The van der Waals surface area contributed by atoms with Crippen LogP contribution < -0.4 is 0 Å². The lowest BCUT2D eigenvalue weighted by Gasteiger charge is -2.04. The fourth-order valence-corrected chi connectivity index (χ4v) is 1.26. The molecule has 0 aromatic carbocycles. The van der Waals surface area contributed by atoms with Gasteiger partial charge in [-0.05, 0) is 37.9 Å². The number of rotatable bonds is 2. The van der Waals surface area contributed by atoms with Gasteiger partial charge in [-0.25, -0.2) is 0 Å². The third-order valence-corrected chi connectivity index (χ3v) is 1.66. The Bertz CT molecular complexity index is 76.6. The van der Waals surface area contributed by atoms with E-state index in [1.807, 2.05) is 0 Å². The maximum absolute atomic E-state index is 5.09. The molecule has 0 radical (unpaired) electrons. The molecule has 1 aliphatic carbocycles. The van der Waals surface area contributed by atoms with Crippen LogP contribution in [0.3, 0.4) is 0 Å². The first kappa shape index (κ1) is 6.02. The minimum absolute atomic E-state index is 0.451. The third kappa shape index (κ3) is 1.44. The van der Waals surface area contributed by atoms with Crippen molar-refractivity contribution in [2.75, 3.05) is 0 Å². The van der Waals surface area contributed by atoms with Gasteiger partial charge < -0.3 is 4.74 Å². The van der Waals surface area contributed by atoms with Crippen LogP contribution in [0.4, 0.5) is 0 Å². The van der Waals surface area contributed by atoms with Gasteiger partial charge in [-0.3, -0.25) is 0 Å². The molecule has 1 rings (SSSR count). The quantitative estimate of drug-likeness (QED) is 0.528. The van der Waals surface area contributed by atoms with Crippen LogP contribution in [-0.4, -0.2) is 11.7 Å². The summed E-state index contributed by atoms with van der Waals surface area (Å²) in [5.41, 5.74) is 1.38. The predicted octanol–water partition coefficient (Wildman–Crippen LogP) is 1.90. The zero-order valence-electron chi connectivity index (χ0n) is 4.80. The molecule has 2 heteroatoms. The smallest absolute Gasteiger partial charge is 0.146 e. The molecule has 0 atom stereocenters. The van der Waals surface area contributed by atoms with E-state index >= 15 is 0 Å². The zero-order chi connectivity index (χ0) is 5.82. The summed E-state index contributed by atoms with van der Waals surface area (Å²) in [5.74, 6) is 0. The van der Waals surface area contributed by atoms with Gasteiger partial charge in [-0.1, -0.05) is 0 Å². The van der Waals surface area contributed by atoms with Crippen molar-refractivity contribution in [3.8, 4) is 0 Å². The van der Waals surface area contributed by atoms with Crippen LogP contribution in [0.15, 0.2) is 0 Å². The molecule has 0 N–H and O–H groups in total. The van der Waals surface area contributed by atoms with E-state index in [0.29, 0.717) is 6.10 Å². The molecule has 0 spiro atoms. The van der Waals surface area contributed by atoms with Crippen molar-refractivity contribution in [2.24, 2.45) is 0 Å². The molecule has 8 heavy (non-hydrogen) atoms. The van der Waals surface area contributed by atoms with Crippen LogP contribution in [0.25, 0.3) is 0 Å². The largest absolute Gasteiger partial charge is 0.487 e. The molecular formula is C6H10OS. The van der Waals surface area contributed by atoms with E-state index in [1.165, 1.54) is 31.2 Å². The molecule has 0 bridgehead atoms. The highest BCUT2D eigenvalue weighted by molar-refractivity contribution is 7.78. The minimum Gasteiger partial charge on any atom is -0.487 e. The van der Waals surface area contributed by atoms with Gasteiger partial charge in [-0.15, -0.1) is 0 Å². The first-order valence-electron chi connectivity index (χ1n) is 3.02. The average molecular weight is 130 g/mol. The first-order chi connectivity index (χ1) is 3.93. The minimum atomic E-state index is 0.451. The Morgan fingerprint density at radius 1 is 1.38 bits per heavy atom. The molecule has 0 saturated heterocycles. The molecule has 0 unspecified atom stereocenters. The number of hydrogen-bond donors (Lipinski definition) is 0. The van der Waals surface area contributed by atoms with Crippen LogP contribution in [0.1, 0.15) is 25.7 Å². The van der Waals surface area contributed by atoms with Crippen LogP contribution >= 0.6 is 12.2 Å². The van der Waals surface area contributed by atoms with Gasteiger partial charge in [0.15, 0.2) is 0 Å². The van der Waals surface area contributed by atoms with Gasteiger partial charge in [0, 0.05) is 0 Å². The summed E-state index contributed by atoms with van der Waals surface area (Å²) in [5, 5.41) is 0. The Hall–Kier alpha value is -0.110. The molecule has 0 aromatic heterocycles. The third-order valence-electron chi connectivity index (χ3n) is 1.55.